The van der Waals surface area contributed by atoms with E-state index in [-0.39, 0.29) is 24.7 Å². The average molecular weight is 380 g/mol. The molecule has 140 valence electrons. The van der Waals surface area contributed by atoms with E-state index in [4.69, 9.17) is 9.05 Å². The minimum absolute atomic E-state index is 0.0467. The van der Waals surface area contributed by atoms with Crippen molar-refractivity contribution in [3.05, 3.63) is 64.2 Å². The number of phenols is 1. The van der Waals surface area contributed by atoms with E-state index in [1.165, 1.54) is 36.4 Å². The Morgan fingerprint density at radius 1 is 1.08 bits per heavy atom. The zero-order valence-corrected chi connectivity index (χ0v) is 15.4. The molecule has 2 N–H and O–H groups in total. The van der Waals surface area contributed by atoms with Gasteiger partial charge in [0.2, 0.25) is 0 Å². The highest BCUT2D eigenvalue weighted by molar-refractivity contribution is 7.54. The number of nitrogens with one attached hydrogen (secondary N) is 1. The largest absolute Gasteiger partial charge is 0.508 e. The van der Waals surface area contributed by atoms with Gasteiger partial charge in [0.1, 0.15) is 5.75 Å². The van der Waals surface area contributed by atoms with Crippen LogP contribution in [0.2, 0.25) is 0 Å². The summed E-state index contributed by atoms with van der Waals surface area (Å²) in [6, 6.07) is 11.9. The Labute approximate surface area is 151 Å². The number of benzene rings is 2. The molecule has 0 aliphatic carbocycles. The van der Waals surface area contributed by atoms with Gasteiger partial charge in [-0.1, -0.05) is 12.1 Å². The lowest BCUT2D eigenvalue weighted by Gasteiger charge is -2.28. The van der Waals surface area contributed by atoms with Crippen LogP contribution < -0.4 is 5.32 Å². The summed E-state index contributed by atoms with van der Waals surface area (Å²) in [5.74, 6) is -0.769. The second kappa shape index (κ2) is 8.80. The molecule has 2 rings (SSSR count). The molecule has 9 heteroatoms. The summed E-state index contributed by atoms with van der Waals surface area (Å²) in [7, 11) is -3.59. The summed E-state index contributed by atoms with van der Waals surface area (Å²) >= 11 is 0. The fraction of sp³-hybridized carbons (Fsp3) is 0.294. The van der Waals surface area contributed by atoms with Crippen LogP contribution in [0.25, 0.3) is 0 Å². The fourth-order valence-corrected chi connectivity index (χ4v) is 4.32. The van der Waals surface area contributed by atoms with Gasteiger partial charge in [-0.05, 0) is 43.7 Å². The third-order valence-corrected chi connectivity index (χ3v) is 5.82. The Balaban J connectivity index is 2.40. The number of anilines is 1. The van der Waals surface area contributed by atoms with Gasteiger partial charge in [0.15, 0.2) is 5.78 Å². The lowest BCUT2D eigenvalue weighted by Crippen LogP contribution is -2.15. The highest BCUT2D eigenvalue weighted by Crippen LogP contribution is 2.60. The molecule has 0 aromatic heterocycles. The smallest absolute Gasteiger partial charge is 0.357 e. The third-order valence-electron chi connectivity index (χ3n) is 3.52. The topological polar surface area (TPSA) is 111 Å². The van der Waals surface area contributed by atoms with E-state index in [0.29, 0.717) is 11.3 Å². The van der Waals surface area contributed by atoms with E-state index in [2.05, 4.69) is 5.32 Å². The van der Waals surface area contributed by atoms with Gasteiger partial charge in [0.05, 0.1) is 18.1 Å². The highest BCUT2D eigenvalue weighted by atomic mass is 31.2. The first kappa shape index (κ1) is 19.9. The third kappa shape index (κ3) is 4.82. The van der Waals surface area contributed by atoms with Gasteiger partial charge < -0.3 is 19.5 Å². The average Bonchev–Trinajstić information content (AvgIpc) is 2.61. The van der Waals surface area contributed by atoms with Gasteiger partial charge in [0.25, 0.3) is 5.69 Å². The number of hydrogen-bond acceptors (Lipinski definition) is 7. The van der Waals surface area contributed by atoms with Gasteiger partial charge >= 0.3 is 7.60 Å². The van der Waals surface area contributed by atoms with E-state index in [0.717, 1.165) is 0 Å². The minimum atomic E-state index is -3.59. The maximum absolute atomic E-state index is 13.3. The molecule has 2 aromatic carbocycles. The maximum atomic E-state index is 13.3. The number of hydrogen-bond donors (Lipinski definition) is 2. The van der Waals surface area contributed by atoms with Crippen LogP contribution in [0.5, 0.6) is 5.75 Å². The van der Waals surface area contributed by atoms with Crippen LogP contribution in [-0.2, 0) is 13.6 Å². The SMILES string of the molecule is CCOP(=O)(OCC)[C@H](Nc1ccc([N+](=O)[O-])cc1)c1ccc(O)cc1. The van der Waals surface area contributed by atoms with Crippen molar-refractivity contribution in [2.75, 3.05) is 18.5 Å². The van der Waals surface area contributed by atoms with Crippen LogP contribution in [0.15, 0.2) is 48.5 Å². The fourth-order valence-electron chi connectivity index (χ4n) is 2.39. The van der Waals surface area contributed by atoms with Crippen molar-refractivity contribution >= 4 is 19.0 Å². The maximum Gasteiger partial charge on any atom is 0.357 e. The molecule has 0 saturated heterocycles. The van der Waals surface area contributed by atoms with E-state index in [1.54, 1.807) is 26.0 Å². The van der Waals surface area contributed by atoms with Crippen LogP contribution in [0.3, 0.4) is 0 Å². The van der Waals surface area contributed by atoms with E-state index in [1.807, 2.05) is 0 Å². The van der Waals surface area contributed by atoms with E-state index in [9.17, 15) is 19.8 Å². The zero-order chi connectivity index (χ0) is 19.2. The van der Waals surface area contributed by atoms with Crippen molar-refractivity contribution in [1.29, 1.82) is 0 Å². The number of nitro groups is 1. The van der Waals surface area contributed by atoms with Crippen LogP contribution in [-0.4, -0.2) is 23.2 Å². The monoisotopic (exact) mass is 380 g/mol. The number of rotatable bonds is 9. The first-order valence-corrected chi connectivity index (χ1v) is 9.69. The van der Waals surface area contributed by atoms with Crippen LogP contribution in [0.4, 0.5) is 11.4 Å². The summed E-state index contributed by atoms with van der Waals surface area (Å²) in [6.07, 6.45) is 0. The van der Waals surface area contributed by atoms with Gasteiger partial charge in [-0.2, -0.15) is 0 Å². The minimum Gasteiger partial charge on any atom is -0.508 e. The van der Waals surface area contributed by atoms with Gasteiger partial charge in [-0.15, -0.1) is 0 Å². The Morgan fingerprint density at radius 3 is 2.08 bits per heavy atom. The zero-order valence-electron chi connectivity index (χ0n) is 14.5. The van der Waals surface area contributed by atoms with Crippen molar-refractivity contribution < 1.29 is 23.6 Å². The quantitative estimate of drug-likeness (QED) is 0.369. The molecule has 0 spiro atoms. The number of nitro benzene ring substituents is 1. The van der Waals surface area contributed by atoms with Gasteiger partial charge in [-0.25, -0.2) is 0 Å². The molecule has 26 heavy (non-hydrogen) atoms. The molecular formula is C17H21N2O6P. The highest BCUT2D eigenvalue weighted by Gasteiger charge is 2.37. The van der Waals surface area contributed by atoms with E-state index < -0.39 is 18.3 Å². The molecule has 0 aliphatic rings. The number of nitrogens with zero attached hydrogens (tertiary/aromatic N) is 1. The molecule has 0 fully saturated rings. The molecule has 0 saturated carbocycles. The Bertz CT molecular complexity index is 769. The predicted molar refractivity (Wildman–Crippen MR) is 98.4 cm³/mol. The lowest BCUT2D eigenvalue weighted by molar-refractivity contribution is -0.384. The lowest BCUT2D eigenvalue weighted by atomic mass is 10.2. The first-order valence-electron chi connectivity index (χ1n) is 8.08. The molecule has 8 nitrogen and oxygen atoms in total. The molecular weight excluding hydrogens is 359 g/mol. The van der Waals surface area contributed by atoms with Crippen molar-refractivity contribution in [3.63, 3.8) is 0 Å². The van der Waals surface area contributed by atoms with Gasteiger partial charge in [0, 0.05) is 17.8 Å². The number of non-ortho nitro benzene ring substituents is 1. The Kier molecular flexibility index (Phi) is 6.74. The van der Waals surface area contributed by atoms with Gasteiger partial charge in [-0.3, -0.25) is 14.7 Å². The predicted octanol–water partition coefficient (Wildman–Crippen LogP) is 4.68. The first-order chi connectivity index (χ1) is 12.4. The number of phenolic OH excluding ortho intramolecular Hbond substituents is 1. The summed E-state index contributed by atoms with van der Waals surface area (Å²) in [5, 5.41) is 23.4. The molecule has 0 heterocycles. The second-order valence-corrected chi connectivity index (χ2v) is 7.43. The normalized spacial score (nSPS) is 12.5. The standard InChI is InChI=1S/C17H21N2O6P/c1-3-24-26(23,25-4-2)17(13-5-11-16(20)12-6-13)18-14-7-9-15(10-8-14)19(21)22/h5-12,17-18,20H,3-4H2,1-2H3/t17-/m0/s1. The van der Waals surface area contributed by atoms with E-state index >= 15 is 0 Å². The molecule has 2 aromatic rings. The summed E-state index contributed by atoms with van der Waals surface area (Å²) < 4.78 is 24.2. The summed E-state index contributed by atoms with van der Waals surface area (Å²) in [4.78, 5) is 10.3. The Morgan fingerprint density at radius 2 is 1.62 bits per heavy atom. The Hall–Kier alpha value is -2.41. The molecule has 0 aliphatic heterocycles. The number of aromatic hydroxyl groups is 1. The van der Waals surface area contributed by atoms with Crippen LogP contribution in [0, 0.1) is 10.1 Å². The van der Waals surface area contributed by atoms with Crippen LogP contribution in [0.1, 0.15) is 25.2 Å². The molecule has 0 amide bonds. The van der Waals surface area contributed by atoms with Crippen molar-refractivity contribution in [3.8, 4) is 5.75 Å². The molecule has 0 unspecified atom stereocenters. The summed E-state index contributed by atoms with van der Waals surface area (Å²) in [6.45, 7) is 3.80. The van der Waals surface area contributed by atoms with Crippen molar-refractivity contribution in [1.82, 2.24) is 0 Å². The van der Waals surface area contributed by atoms with Crippen LogP contribution >= 0.6 is 7.60 Å². The van der Waals surface area contributed by atoms with Crippen molar-refractivity contribution in [2.24, 2.45) is 0 Å². The second-order valence-electron chi connectivity index (χ2n) is 5.32. The van der Waals surface area contributed by atoms with Crippen molar-refractivity contribution in [2.45, 2.75) is 19.6 Å². The molecule has 0 radical (unpaired) electrons. The molecule has 1 atom stereocenters. The molecule has 0 bridgehead atoms. The summed E-state index contributed by atoms with van der Waals surface area (Å²) in [5.41, 5.74) is 1.06.